The summed E-state index contributed by atoms with van der Waals surface area (Å²) in [4.78, 5) is 0. The molecular weight excluding hydrogens is 252 g/mol. The fourth-order valence-electron chi connectivity index (χ4n) is 0. The van der Waals surface area contributed by atoms with Gasteiger partial charge in [-0.15, -0.1) is 0 Å². The molecule has 0 aromatic rings. The molecule has 0 amide bonds. The first kappa shape index (κ1) is 8.98. The van der Waals surface area contributed by atoms with Crippen LogP contribution in [0.1, 0.15) is 0 Å². The molecule has 0 spiro atoms. The molecule has 0 aromatic carbocycles. The van der Waals surface area contributed by atoms with E-state index in [0.717, 1.165) is 0 Å². The molecule has 0 radical (unpaired) electrons. The maximum atomic E-state index is 8.42. The van der Waals surface area contributed by atoms with Crippen molar-refractivity contribution in [3.63, 3.8) is 0 Å². The summed E-state index contributed by atoms with van der Waals surface area (Å²) in [6, 6.07) is 0. The van der Waals surface area contributed by atoms with Gasteiger partial charge in [-0.3, -0.25) is 0 Å². The molecule has 4 heteroatoms. The van der Waals surface area contributed by atoms with Gasteiger partial charge in [-0.1, -0.05) is 0 Å². The summed E-state index contributed by atoms with van der Waals surface area (Å²) in [5, 5.41) is 0. The quantitative estimate of drug-likeness (QED) is 0.558. The average molecular weight is 252 g/mol. The van der Waals surface area contributed by atoms with Crippen molar-refractivity contribution in [2.24, 2.45) is 0 Å². The van der Waals surface area contributed by atoms with E-state index in [0.29, 0.717) is 0 Å². The first-order chi connectivity index (χ1) is 2.00. The first-order valence-corrected chi connectivity index (χ1v) is 2.66. The molecule has 0 saturated heterocycles. The fourth-order valence-corrected chi connectivity index (χ4v) is 0. The van der Waals surface area contributed by atoms with E-state index in [1.807, 2.05) is 0 Å². The number of rotatable bonds is 0. The Morgan fingerprint density at radius 1 is 1.25 bits per heavy atom. The van der Waals surface area contributed by atoms with Gasteiger partial charge < -0.3 is 0 Å². The summed E-state index contributed by atoms with van der Waals surface area (Å²) in [5.41, 5.74) is 0. The van der Waals surface area contributed by atoms with Crippen LogP contribution in [-0.2, 0) is 52.8 Å². The molecule has 0 aliphatic rings. The van der Waals surface area contributed by atoms with Crippen molar-refractivity contribution in [1.82, 2.24) is 0 Å². The molecule has 0 aliphatic carbocycles. The van der Waals surface area contributed by atoms with Crippen LogP contribution in [0, 0.1) is 0 Å². The summed E-state index contributed by atoms with van der Waals surface area (Å²) >= 11 is 1.60. The average Bonchev–Trinajstić information content (AvgIpc) is 1.50. The summed E-state index contributed by atoms with van der Waals surface area (Å²) in [7, 11) is 0. The van der Waals surface area contributed by atoms with E-state index in [-0.39, 0.29) is 25.8 Å². The van der Waals surface area contributed by atoms with Gasteiger partial charge in [0.15, 0.2) is 0 Å². The molecule has 0 N–H and O–H groups in total. The zero-order valence-corrected chi connectivity index (χ0v) is 7.34. The Bertz CT molecular complexity index is 8.00. The van der Waals surface area contributed by atoms with E-state index in [2.05, 4.69) is 0 Å². The molecule has 0 aromatic heterocycles. The van der Waals surface area contributed by atoms with Crippen molar-refractivity contribution in [3.8, 4) is 0 Å². The zero-order valence-electron chi connectivity index (χ0n) is 1.83. The van der Waals surface area contributed by atoms with Crippen LogP contribution in [0.25, 0.3) is 0 Å². The van der Waals surface area contributed by atoms with Crippen LogP contribution in [0.4, 0.5) is 0 Å². The van der Waals surface area contributed by atoms with Gasteiger partial charge in [-0.05, 0) is 0 Å². The molecule has 2 nitrogen and oxygen atoms in total. The van der Waals surface area contributed by atoms with E-state index in [1.54, 1.807) is 21.0 Å². The minimum atomic E-state index is -0.1000. The zero-order chi connectivity index (χ0) is 4.00. The summed E-state index contributed by atoms with van der Waals surface area (Å²) in [6.45, 7) is 0. The van der Waals surface area contributed by atoms with Gasteiger partial charge in [0.1, 0.15) is 0 Å². The van der Waals surface area contributed by atoms with Crippen molar-refractivity contribution in [1.29, 1.82) is 0 Å². The van der Waals surface area contributed by atoms with E-state index < -0.39 is 0 Å². The number of hydrogen-bond acceptors (Lipinski definition) is 2. The van der Waals surface area contributed by atoms with E-state index in [4.69, 9.17) is 5.94 Å². The van der Waals surface area contributed by atoms with Crippen LogP contribution in [0.15, 0.2) is 0 Å². The monoisotopic (exact) mass is 253 g/mol. The molecule has 0 heterocycles. The Morgan fingerprint density at radius 2 is 1.25 bits per heavy atom. The molecule has 0 bridgehead atoms. The van der Waals surface area contributed by atoms with E-state index in [1.165, 1.54) is 0 Å². The van der Waals surface area contributed by atoms with Crippen molar-refractivity contribution in [2.45, 2.75) is 0 Å². The molecular formula is AgCdO2. The van der Waals surface area contributed by atoms with Gasteiger partial charge in [0.05, 0.1) is 0 Å². The predicted octanol–water partition coefficient (Wildman–Crippen LogP) is -0.243. The second-order valence-electron chi connectivity index (χ2n) is 0. The van der Waals surface area contributed by atoms with Gasteiger partial charge in [0, 0.05) is 0 Å². The van der Waals surface area contributed by atoms with Crippen molar-refractivity contribution in [3.05, 3.63) is 0 Å². The third-order valence-electron chi connectivity index (χ3n) is 0. The van der Waals surface area contributed by atoms with Crippen molar-refractivity contribution in [2.75, 3.05) is 0 Å². The molecule has 0 saturated carbocycles. The summed E-state index contributed by atoms with van der Waals surface area (Å²) < 4.78 is 16.5. The Balaban J connectivity index is 0. The van der Waals surface area contributed by atoms with Crippen LogP contribution in [0.5, 0.6) is 0 Å². The third-order valence-corrected chi connectivity index (χ3v) is 0. The first-order valence-electron chi connectivity index (χ1n) is 0.412. The molecule has 0 rings (SSSR count). The fraction of sp³-hybridized carbons (Fsp3) is 0. The Hall–Kier alpha value is 1.26. The molecule has 0 atom stereocenters. The Kier molecular flexibility index (Phi) is 63.9. The predicted molar refractivity (Wildman–Crippen MR) is 1.37 cm³/mol. The van der Waals surface area contributed by atoms with E-state index in [9.17, 15) is 0 Å². The van der Waals surface area contributed by atoms with Crippen molar-refractivity contribution >= 4 is 0 Å². The van der Waals surface area contributed by atoms with Crippen molar-refractivity contribution < 1.29 is 52.8 Å². The second kappa shape index (κ2) is 28.5. The van der Waals surface area contributed by atoms with Gasteiger partial charge in [-0.25, -0.2) is 0 Å². The molecule has 0 fully saturated rings. The molecule has 0 unspecified atom stereocenters. The van der Waals surface area contributed by atoms with Crippen LogP contribution in [-0.4, -0.2) is 0 Å². The maximum absolute atomic E-state index is 8.42. The van der Waals surface area contributed by atoms with Gasteiger partial charge in [0.25, 0.3) is 0 Å². The van der Waals surface area contributed by atoms with Crippen LogP contribution in [0.2, 0.25) is 0 Å². The topological polar surface area (TPSA) is 34.1 Å². The minimum absolute atomic E-state index is 0.1000. The standard InChI is InChI=1S/Ag.Cd.2O. The third kappa shape index (κ3) is 10.5. The molecule has 4 heavy (non-hydrogen) atoms. The van der Waals surface area contributed by atoms with Gasteiger partial charge in [0.2, 0.25) is 0 Å². The van der Waals surface area contributed by atoms with Crippen LogP contribution in [0.3, 0.4) is 0 Å². The Morgan fingerprint density at radius 3 is 1.25 bits per heavy atom. The summed E-state index contributed by atoms with van der Waals surface area (Å²) in [5.74, 6) is 0. The number of hydrogen-bond donors (Lipinski definition) is 0. The van der Waals surface area contributed by atoms with Crippen LogP contribution < -0.4 is 0 Å². The SMILES string of the molecule is [O]=[Ag].[O]=[Cd]. The Labute approximate surface area is 52.4 Å². The van der Waals surface area contributed by atoms with Gasteiger partial charge in [-0.2, -0.15) is 0 Å². The summed E-state index contributed by atoms with van der Waals surface area (Å²) in [6.07, 6.45) is 0. The van der Waals surface area contributed by atoms with Gasteiger partial charge >= 0.3 is 52.8 Å². The second-order valence-corrected chi connectivity index (χ2v) is 0. The molecule has 25 valence electrons. The van der Waals surface area contributed by atoms with E-state index >= 15 is 0 Å². The van der Waals surface area contributed by atoms with Crippen LogP contribution >= 0.6 is 0 Å². The molecule has 0 aliphatic heterocycles. The normalized spacial score (nSPS) is 3.00.